The average molecular weight is 268 g/mol. The lowest BCUT2D eigenvalue weighted by atomic mass is 9.64. The molecule has 4 rings (SSSR count). The number of rotatable bonds is 1. The van der Waals surface area contributed by atoms with E-state index in [1.165, 1.54) is 0 Å². The van der Waals surface area contributed by atoms with Crippen molar-refractivity contribution in [3.63, 3.8) is 0 Å². The van der Waals surface area contributed by atoms with Crippen LogP contribution in [-0.4, -0.2) is 21.7 Å². The molecular weight excluding hydrogens is 248 g/mol. The first-order chi connectivity index (χ1) is 9.46. The number of hydrogen-bond acceptors (Lipinski definition) is 3. The number of nitrogens with zero attached hydrogens (tertiary/aromatic N) is 2. The Hall–Kier alpha value is -1.48. The van der Waals surface area contributed by atoms with Crippen molar-refractivity contribution in [3.05, 3.63) is 35.7 Å². The molecule has 2 bridgehead atoms. The predicted octanol–water partition coefficient (Wildman–Crippen LogP) is 2.95. The first kappa shape index (κ1) is 12.3. The summed E-state index contributed by atoms with van der Waals surface area (Å²) in [7, 11) is 0. The topological polar surface area (TPSA) is 46.0 Å². The minimum absolute atomic E-state index is 0.00550. The molecular formula is C17H20N2O. The van der Waals surface area contributed by atoms with Gasteiger partial charge in [0, 0.05) is 10.8 Å². The molecule has 1 aromatic carbocycles. The lowest BCUT2D eigenvalue weighted by molar-refractivity contribution is 0.0863. The van der Waals surface area contributed by atoms with Crippen LogP contribution in [0.25, 0.3) is 11.0 Å². The second-order valence-electron chi connectivity index (χ2n) is 7.11. The van der Waals surface area contributed by atoms with Crippen LogP contribution >= 0.6 is 0 Å². The van der Waals surface area contributed by atoms with Gasteiger partial charge in [0.1, 0.15) is 0 Å². The van der Waals surface area contributed by atoms with Gasteiger partial charge in [-0.2, -0.15) is 0 Å². The van der Waals surface area contributed by atoms with Gasteiger partial charge in [0.15, 0.2) is 0 Å². The van der Waals surface area contributed by atoms with Gasteiger partial charge >= 0.3 is 0 Å². The largest absolute Gasteiger partial charge is 0.395 e. The minimum atomic E-state index is -0.228. The Bertz CT molecular complexity index is 724. The standard InChI is InChI=1S/C17H20N2O/c1-15(2)16(3)8-9-17(15,10-20)14-13(16)18-11-6-4-5-7-12(11)19-14/h4-7,20H,8-10H2,1-3H3/t16-,17+/m1/s1. The fourth-order valence-electron chi connectivity index (χ4n) is 4.52. The van der Waals surface area contributed by atoms with Crippen molar-refractivity contribution in [2.75, 3.05) is 6.61 Å². The van der Waals surface area contributed by atoms with Crippen LogP contribution in [0.15, 0.2) is 24.3 Å². The number of hydrogen-bond donors (Lipinski definition) is 1. The lowest BCUT2D eigenvalue weighted by Gasteiger charge is -2.39. The van der Waals surface area contributed by atoms with E-state index >= 15 is 0 Å². The molecule has 3 nitrogen and oxygen atoms in total. The molecule has 0 spiro atoms. The number of fused-ring (bicyclic) bond motifs is 6. The molecule has 2 aliphatic carbocycles. The Morgan fingerprint density at radius 1 is 1.00 bits per heavy atom. The Morgan fingerprint density at radius 3 is 2.20 bits per heavy atom. The minimum Gasteiger partial charge on any atom is -0.395 e. The highest BCUT2D eigenvalue weighted by Gasteiger charge is 2.69. The molecule has 2 aromatic rings. The van der Waals surface area contributed by atoms with Gasteiger partial charge in [-0.25, -0.2) is 9.97 Å². The van der Waals surface area contributed by atoms with Crippen LogP contribution in [0.3, 0.4) is 0 Å². The van der Waals surface area contributed by atoms with Gasteiger partial charge in [0.05, 0.1) is 29.0 Å². The van der Waals surface area contributed by atoms with Gasteiger partial charge in [0.25, 0.3) is 0 Å². The maximum absolute atomic E-state index is 10.1. The molecule has 0 saturated heterocycles. The molecule has 0 amide bonds. The van der Waals surface area contributed by atoms with E-state index in [4.69, 9.17) is 9.97 Å². The molecule has 2 aliphatic rings. The summed E-state index contributed by atoms with van der Waals surface area (Å²) in [5.41, 5.74) is 3.83. The number of benzene rings is 1. The molecule has 104 valence electrons. The van der Waals surface area contributed by atoms with Gasteiger partial charge in [-0.1, -0.05) is 32.9 Å². The van der Waals surface area contributed by atoms with E-state index in [9.17, 15) is 5.11 Å². The van der Waals surface area contributed by atoms with Crippen molar-refractivity contribution in [1.29, 1.82) is 0 Å². The van der Waals surface area contributed by atoms with Gasteiger partial charge in [-0.15, -0.1) is 0 Å². The molecule has 2 atom stereocenters. The highest BCUT2D eigenvalue weighted by Crippen LogP contribution is 2.69. The van der Waals surface area contributed by atoms with Crippen molar-refractivity contribution in [2.45, 2.75) is 44.4 Å². The zero-order valence-corrected chi connectivity index (χ0v) is 12.3. The van der Waals surface area contributed by atoms with E-state index in [1.54, 1.807) is 0 Å². The zero-order valence-electron chi connectivity index (χ0n) is 12.3. The van der Waals surface area contributed by atoms with E-state index in [2.05, 4.69) is 20.8 Å². The summed E-state index contributed by atoms with van der Waals surface area (Å²) in [6.07, 6.45) is 2.09. The van der Waals surface area contributed by atoms with Crippen LogP contribution in [0.1, 0.15) is 45.0 Å². The molecule has 1 saturated carbocycles. The highest BCUT2D eigenvalue weighted by atomic mass is 16.3. The number of para-hydroxylation sites is 2. The molecule has 1 heterocycles. The van der Waals surface area contributed by atoms with Crippen LogP contribution < -0.4 is 0 Å². The summed E-state index contributed by atoms with van der Waals surface area (Å²) in [6.45, 7) is 6.99. The fraction of sp³-hybridized carbons (Fsp3) is 0.529. The molecule has 1 aromatic heterocycles. The monoisotopic (exact) mass is 268 g/mol. The quantitative estimate of drug-likeness (QED) is 0.865. The first-order valence-corrected chi connectivity index (χ1v) is 7.35. The van der Waals surface area contributed by atoms with Crippen LogP contribution in [0, 0.1) is 5.41 Å². The Balaban J connectivity index is 2.12. The third-order valence-electron chi connectivity index (χ3n) is 6.44. The summed E-state index contributed by atoms with van der Waals surface area (Å²) in [4.78, 5) is 9.82. The summed E-state index contributed by atoms with van der Waals surface area (Å²) < 4.78 is 0. The van der Waals surface area contributed by atoms with Crippen LogP contribution in [0.5, 0.6) is 0 Å². The van der Waals surface area contributed by atoms with Crippen LogP contribution in [-0.2, 0) is 10.8 Å². The van der Waals surface area contributed by atoms with Crippen molar-refractivity contribution in [3.8, 4) is 0 Å². The zero-order chi connectivity index (χ0) is 14.2. The average Bonchev–Trinajstić information content (AvgIpc) is 2.74. The number of aromatic nitrogens is 2. The third-order valence-corrected chi connectivity index (χ3v) is 6.44. The third kappa shape index (κ3) is 1.05. The van der Waals surface area contributed by atoms with Gasteiger partial charge in [-0.05, 0) is 30.4 Å². The van der Waals surface area contributed by atoms with E-state index < -0.39 is 0 Å². The Kier molecular flexibility index (Phi) is 2.08. The van der Waals surface area contributed by atoms with E-state index in [-0.39, 0.29) is 22.9 Å². The van der Waals surface area contributed by atoms with E-state index in [1.807, 2.05) is 24.3 Å². The maximum atomic E-state index is 10.1. The smallest absolute Gasteiger partial charge is 0.0890 e. The number of aliphatic hydroxyl groups excluding tert-OH is 1. The summed E-state index contributed by atoms with van der Waals surface area (Å²) in [5, 5.41) is 10.1. The normalized spacial score (nSPS) is 33.6. The maximum Gasteiger partial charge on any atom is 0.0890 e. The second-order valence-corrected chi connectivity index (χ2v) is 7.11. The van der Waals surface area contributed by atoms with Crippen LogP contribution in [0.4, 0.5) is 0 Å². The van der Waals surface area contributed by atoms with Crippen molar-refractivity contribution >= 4 is 11.0 Å². The van der Waals surface area contributed by atoms with Gasteiger partial charge < -0.3 is 5.11 Å². The van der Waals surface area contributed by atoms with Gasteiger partial charge in [-0.3, -0.25) is 0 Å². The molecule has 0 radical (unpaired) electrons. The summed E-state index contributed by atoms with van der Waals surface area (Å²) >= 11 is 0. The molecule has 1 fully saturated rings. The number of aliphatic hydroxyl groups is 1. The Morgan fingerprint density at radius 2 is 1.60 bits per heavy atom. The SMILES string of the molecule is CC1(C)[C@]2(CO)CC[C@]1(C)c1nc3ccccc3nc12. The van der Waals surface area contributed by atoms with Crippen molar-refractivity contribution < 1.29 is 5.11 Å². The molecule has 1 N–H and O–H groups in total. The van der Waals surface area contributed by atoms with Crippen molar-refractivity contribution in [1.82, 2.24) is 9.97 Å². The molecule has 3 heteroatoms. The predicted molar refractivity (Wildman–Crippen MR) is 78.7 cm³/mol. The highest BCUT2D eigenvalue weighted by molar-refractivity contribution is 5.75. The second kappa shape index (κ2) is 3.40. The van der Waals surface area contributed by atoms with Crippen LogP contribution in [0.2, 0.25) is 0 Å². The summed E-state index contributed by atoms with van der Waals surface area (Å²) in [5.74, 6) is 0. The van der Waals surface area contributed by atoms with E-state index in [0.717, 1.165) is 35.3 Å². The van der Waals surface area contributed by atoms with E-state index in [0.29, 0.717) is 0 Å². The first-order valence-electron chi connectivity index (χ1n) is 7.35. The Labute approximate surface area is 119 Å². The van der Waals surface area contributed by atoms with Crippen molar-refractivity contribution in [2.24, 2.45) is 5.41 Å². The van der Waals surface area contributed by atoms with Gasteiger partial charge in [0.2, 0.25) is 0 Å². The molecule has 20 heavy (non-hydrogen) atoms. The molecule has 0 unspecified atom stereocenters. The lowest BCUT2D eigenvalue weighted by Crippen LogP contribution is -2.42. The fourth-order valence-corrected chi connectivity index (χ4v) is 4.52. The molecule has 0 aliphatic heterocycles. The summed E-state index contributed by atoms with van der Waals surface area (Å²) in [6, 6.07) is 8.03.